The second kappa shape index (κ2) is 6.26. The van der Waals surface area contributed by atoms with Crippen LogP contribution >= 0.6 is 31.9 Å². The van der Waals surface area contributed by atoms with Gasteiger partial charge in [0, 0.05) is 6.07 Å². The summed E-state index contributed by atoms with van der Waals surface area (Å²) in [5.41, 5.74) is 0. The molecule has 0 saturated heterocycles. The van der Waals surface area contributed by atoms with Gasteiger partial charge in [0.25, 0.3) is 0 Å². The van der Waals surface area contributed by atoms with E-state index in [1.165, 1.54) is 6.07 Å². The van der Waals surface area contributed by atoms with E-state index in [0.29, 0.717) is 11.5 Å². The van der Waals surface area contributed by atoms with E-state index in [4.69, 9.17) is 9.47 Å². The molecular weight excluding hydrogens is 392 g/mol. The summed E-state index contributed by atoms with van der Waals surface area (Å²) in [6.45, 7) is 6.75. The van der Waals surface area contributed by atoms with Crippen molar-refractivity contribution in [1.82, 2.24) is 0 Å². The van der Waals surface area contributed by atoms with Crippen LogP contribution in [-0.2, 0) is 9.59 Å². The van der Waals surface area contributed by atoms with E-state index in [9.17, 15) is 9.59 Å². The van der Waals surface area contributed by atoms with Crippen LogP contribution in [0.2, 0.25) is 0 Å². The summed E-state index contributed by atoms with van der Waals surface area (Å²) in [4.78, 5) is 23.5. The zero-order valence-corrected chi connectivity index (χ0v) is 14.9. The molecule has 0 N–H and O–H groups in total. The molecule has 0 aliphatic heterocycles. The summed E-state index contributed by atoms with van der Waals surface area (Å²) in [5.74, 6) is -0.219. The summed E-state index contributed by atoms with van der Waals surface area (Å²) < 4.78 is 8.84. The molecule has 0 aliphatic carbocycles. The molecule has 0 bridgehead atoms. The lowest BCUT2D eigenvalue weighted by Gasteiger charge is -2.16. The smallest absolute Gasteiger partial charge is 0.327 e. The Morgan fingerprint density at radius 2 is 1.25 bits per heavy atom. The number of alkyl halides is 2. The van der Waals surface area contributed by atoms with Gasteiger partial charge in [-0.15, -0.1) is 0 Å². The summed E-state index contributed by atoms with van der Waals surface area (Å²) in [7, 11) is 0. The summed E-state index contributed by atoms with van der Waals surface area (Å²) >= 11 is 6.44. The maximum Gasteiger partial charge on any atom is 0.327 e. The van der Waals surface area contributed by atoms with Crippen molar-refractivity contribution in [2.75, 3.05) is 0 Å². The number of hydrogen-bond acceptors (Lipinski definition) is 4. The molecule has 6 heteroatoms. The van der Waals surface area contributed by atoms with Crippen molar-refractivity contribution in [3.05, 3.63) is 24.3 Å². The van der Waals surface area contributed by atoms with Crippen molar-refractivity contribution in [1.29, 1.82) is 0 Å². The van der Waals surface area contributed by atoms with Gasteiger partial charge >= 0.3 is 11.9 Å². The van der Waals surface area contributed by atoms with Gasteiger partial charge in [0.05, 0.1) is 0 Å². The molecular formula is C14H16Br2O4. The van der Waals surface area contributed by atoms with Crippen molar-refractivity contribution in [3.63, 3.8) is 0 Å². The molecule has 0 saturated carbocycles. The molecule has 0 amide bonds. The van der Waals surface area contributed by atoms with Crippen LogP contribution in [0.5, 0.6) is 11.5 Å². The molecule has 4 nitrogen and oxygen atoms in total. The molecule has 0 heterocycles. The number of hydrogen-bond donors (Lipinski definition) is 0. The highest BCUT2D eigenvalue weighted by molar-refractivity contribution is 9.10. The molecule has 0 aliphatic rings. The monoisotopic (exact) mass is 406 g/mol. The number of carbonyl (C=O) groups is 2. The van der Waals surface area contributed by atoms with E-state index in [0.717, 1.165) is 0 Å². The topological polar surface area (TPSA) is 52.6 Å². The Hall–Kier alpha value is -0.880. The second-order valence-corrected chi connectivity index (χ2v) is 9.16. The summed E-state index contributed by atoms with van der Waals surface area (Å²) in [5, 5.41) is 0. The molecule has 20 heavy (non-hydrogen) atoms. The van der Waals surface area contributed by atoms with Gasteiger partial charge in [0.1, 0.15) is 20.1 Å². The largest absolute Gasteiger partial charge is 0.425 e. The van der Waals surface area contributed by atoms with Gasteiger partial charge in [-0.05, 0) is 39.8 Å². The highest BCUT2D eigenvalue weighted by atomic mass is 79.9. The Morgan fingerprint density at radius 1 is 0.900 bits per heavy atom. The third-order valence-electron chi connectivity index (χ3n) is 2.20. The Balaban J connectivity index is 2.82. The highest BCUT2D eigenvalue weighted by Crippen LogP contribution is 2.25. The predicted octanol–water partition coefficient (Wildman–Crippen LogP) is 3.84. The zero-order valence-electron chi connectivity index (χ0n) is 11.7. The lowest BCUT2D eigenvalue weighted by molar-refractivity contribution is -0.136. The van der Waals surface area contributed by atoms with Crippen LogP contribution < -0.4 is 9.47 Å². The minimum Gasteiger partial charge on any atom is -0.425 e. The lowest BCUT2D eigenvalue weighted by Crippen LogP contribution is -2.29. The third kappa shape index (κ3) is 5.25. The first-order chi connectivity index (χ1) is 9.00. The van der Waals surface area contributed by atoms with Gasteiger partial charge in [0.15, 0.2) is 0 Å². The minimum atomic E-state index is -0.780. The third-order valence-corrected chi connectivity index (χ3v) is 2.84. The van der Waals surface area contributed by atoms with Gasteiger partial charge in [0.2, 0.25) is 0 Å². The van der Waals surface area contributed by atoms with Crippen LogP contribution in [-0.4, -0.2) is 20.6 Å². The van der Waals surface area contributed by atoms with Crippen LogP contribution in [0.15, 0.2) is 24.3 Å². The average Bonchev–Trinajstić information content (AvgIpc) is 2.26. The first-order valence-corrected chi connectivity index (χ1v) is 7.51. The van der Waals surface area contributed by atoms with Crippen molar-refractivity contribution < 1.29 is 19.1 Å². The van der Waals surface area contributed by atoms with Crippen molar-refractivity contribution in [2.24, 2.45) is 0 Å². The van der Waals surface area contributed by atoms with E-state index in [1.807, 2.05) is 0 Å². The molecule has 1 rings (SSSR count). The molecule has 0 atom stereocenters. The highest BCUT2D eigenvalue weighted by Gasteiger charge is 2.27. The summed E-state index contributed by atoms with van der Waals surface area (Å²) in [6, 6.07) is 6.38. The average molecular weight is 408 g/mol. The second-order valence-electron chi connectivity index (χ2n) is 5.20. The van der Waals surface area contributed by atoms with Gasteiger partial charge in [-0.1, -0.05) is 37.9 Å². The van der Waals surface area contributed by atoms with Gasteiger partial charge in [-0.25, -0.2) is 0 Å². The standard InChI is InChI=1S/C14H16Br2O4/c1-13(2,15)11(17)19-9-6-5-7-10(8-9)20-12(18)14(3,4)16/h5-8H,1-4H3. The Morgan fingerprint density at radius 3 is 1.55 bits per heavy atom. The fourth-order valence-corrected chi connectivity index (χ4v) is 1.22. The number of esters is 2. The van der Waals surface area contributed by atoms with Crippen LogP contribution in [0.1, 0.15) is 27.7 Å². The number of ether oxygens (including phenoxy) is 2. The van der Waals surface area contributed by atoms with E-state index in [2.05, 4.69) is 31.9 Å². The Bertz CT molecular complexity index is 469. The van der Waals surface area contributed by atoms with E-state index in [1.54, 1.807) is 45.9 Å². The predicted molar refractivity (Wildman–Crippen MR) is 83.7 cm³/mol. The molecule has 0 fully saturated rings. The van der Waals surface area contributed by atoms with E-state index in [-0.39, 0.29) is 0 Å². The van der Waals surface area contributed by atoms with Gasteiger partial charge in [-0.3, -0.25) is 9.59 Å². The minimum absolute atomic E-state index is 0.320. The number of halogens is 2. The van der Waals surface area contributed by atoms with Gasteiger partial charge < -0.3 is 9.47 Å². The first kappa shape index (κ1) is 17.2. The Labute approximate surface area is 135 Å². The number of rotatable bonds is 4. The number of benzene rings is 1. The fourth-order valence-electron chi connectivity index (χ4n) is 1.06. The van der Waals surface area contributed by atoms with E-state index >= 15 is 0 Å². The van der Waals surface area contributed by atoms with Crippen molar-refractivity contribution in [2.45, 2.75) is 36.3 Å². The zero-order chi connectivity index (χ0) is 15.6. The lowest BCUT2D eigenvalue weighted by atomic mass is 10.2. The quantitative estimate of drug-likeness (QED) is 0.432. The van der Waals surface area contributed by atoms with E-state index < -0.39 is 20.6 Å². The summed E-state index contributed by atoms with van der Waals surface area (Å²) in [6.07, 6.45) is 0. The molecule has 0 spiro atoms. The molecule has 110 valence electrons. The maximum absolute atomic E-state index is 11.7. The van der Waals surface area contributed by atoms with Crippen molar-refractivity contribution in [3.8, 4) is 11.5 Å². The Kier molecular flexibility index (Phi) is 5.38. The van der Waals surface area contributed by atoms with Crippen LogP contribution in [0, 0.1) is 0 Å². The molecule has 0 unspecified atom stereocenters. The fraction of sp³-hybridized carbons (Fsp3) is 0.429. The molecule has 0 aromatic heterocycles. The van der Waals surface area contributed by atoms with Crippen LogP contribution in [0.4, 0.5) is 0 Å². The molecule has 0 radical (unpaired) electrons. The van der Waals surface area contributed by atoms with Gasteiger partial charge in [-0.2, -0.15) is 0 Å². The molecule has 1 aromatic carbocycles. The normalized spacial score (nSPS) is 11.9. The van der Waals surface area contributed by atoms with Crippen LogP contribution in [0.3, 0.4) is 0 Å². The van der Waals surface area contributed by atoms with Crippen LogP contribution in [0.25, 0.3) is 0 Å². The maximum atomic E-state index is 11.7. The first-order valence-electron chi connectivity index (χ1n) is 5.92. The SMILES string of the molecule is CC(C)(Br)C(=O)Oc1cccc(OC(=O)C(C)(C)Br)c1. The number of carbonyl (C=O) groups excluding carboxylic acids is 2. The molecule has 1 aromatic rings. The van der Waals surface area contributed by atoms with Crippen molar-refractivity contribution >= 4 is 43.8 Å².